The lowest BCUT2D eigenvalue weighted by atomic mass is 9.99. The van der Waals surface area contributed by atoms with E-state index in [4.69, 9.17) is 10.6 Å². The molecule has 0 aromatic heterocycles. The van der Waals surface area contributed by atoms with Crippen LogP contribution in [0.4, 0.5) is 0 Å². The predicted molar refractivity (Wildman–Crippen MR) is 48.6 cm³/mol. The maximum absolute atomic E-state index is 5.47. The van der Waals surface area contributed by atoms with E-state index in [1.807, 2.05) is 0 Å². The molecule has 2 unspecified atom stereocenters. The first-order valence-electron chi connectivity index (χ1n) is 4.42. The van der Waals surface area contributed by atoms with E-state index >= 15 is 0 Å². The molecule has 3 N–H and O–H groups in total. The number of nitrogens with zero attached hydrogens (tertiary/aromatic N) is 1. The highest BCUT2D eigenvalue weighted by molar-refractivity contribution is 4.79. The van der Waals surface area contributed by atoms with Crippen molar-refractivity contribution in [2.75, 3.05) is 33.9 Å². The molecule has 0 bridgehead atoms. The highest BCUT2D eigenvalue weighted by Gasteiger charge is 2.24. The van der Waals surface area contributed by atoms with E-state index in [0.29, 0.717) is 12.0 Å². The summed E-state index contributed by atoms with van der Waals surface area (Å²) in [6, 6.07) is 0.363. The summed E-state index contributed by atoms with van der Waals surface area (Å²) in [6.07, 6.45) is 1.13. The largest absolute Gasteiger partial charge is 0.381 e. The third-order valence-electron chi connectivity index (χ3n) is 2.31. The first-order chi connectivity index (χ1) is 5.74. The Labute approximate surface area is 74.0 Å². The van der Waals surface area contributed by atoms with E-state index in [0.717, 1.165) is 26.2 Å². The second-order valence-electron chi connectivity index (χ2n) is 3.66. The molecule has 0 spiro atoms. The van der Waals surface area contributed by atoms with Crippen molar-refractivity contribution in [2.45, 2.75) is 12.5 Å². The van der Waals surface area contributed by atoms with E-state index in [-0.39, 0.29) is 0 Å². The fraction of sp³-hybridized carbons (Fsp3) is 1.00. The zero-order valence-electron chi connectivity index (χ0n) is 7.92. The van der Waals surface area contributed by atoms with Crippen molar-refractivity contribution in [1.29, 1.82) is 0 Å². The molecule has 2 atom stereocenters. The Morgan fingerprint density at radius 3 is 2.83 bits per heavy atom. The number of hydrazine groups is 1. The molecule has 0 aromatic rings. The van der Waals surface area contributed by atoms with Crippen molar-refractivity contribution in [1.82, 2.24) is 10.3 Å². The maximum Gasteiger partial charge on any atom is 0.0511 e. The van der Waals surface area contributed by atoms with Gasteiger partial charge in [-0.2, -0.15) is 0 Å². The van der Waals surface area contributed by atoms with Gasteiger partial charge in [0.1, 0.15) is 0 Å². The summed E-state index contributed by atoms with van der Waals surface area (Å²) in [7, 11) is 4.11. The second-order valence-corrected chi connectivity index (χ2v) is 3.66. The van der Waals surface area contributed by atoms with Gasteiger partial charge in [0.2, 0.25) is 0 Å². The predicted octanol–water partition coefficient (Wildman–Crippen LogP) is -0.584. The molecule has 72 valence electrons. The quantitative estimate of drug-likeness (QED) is 0.441. The van der Waals surface area contributed by atoms with Gasteiger partial charge in [-0.05, 0) is 20.5 Å². The standard InChI is InChI=1S/C8H19N3O/c1-11(2)5-8(10-9)7-3-4-12-6-7/h7-8,10H,3-6,9H2,1-2H3. The highest BCUT2D eigenvalue weighted by atomic mass is 16.5. The van der Waals surface area contributed by atoms with Gasteiger partial charge in [-0.3, -0.25) is 11.3 Å². The van der Waals surface area contributed by atoms with Crippen molar-refractivity contribution < 1.29 is 4.74 Å². The lowest BCUT2D eigenvalue weighted by molar-refractivity contribution is 0.170. The Hall–Kier alpha value is -0.160. The van der Waals surface area contributed by atoms with Gasteiger partial charge in [0.15, 0.2) is 0 Å². The van der Waals surface area contributed by atoms with Crippen LogP contribution in [0.2, 0.25) is 0 Å². The van der Waals surface area contributed by atoms with Gasteiger partial charge in [-0.1, -0.05) is 0 Å². The van der Waals surface area contributed by atoms with Crippen molar-refractivity contribution in [3.8, 4) is 0 Å². The Kier molecular flexibility index (Phi) is 3.94. The molecule has 0 amide bonds. The smallest absolute Gasteiger partial charge is 0.0511 e. The Morgan fingerprint density at radius 1 is 1.67 bits per heavy atom. The molecule has 0 aromatic carbocycles. The van der Waals surface area contributed by atoms with Crippen LogP contribution in [0, 0.1) is 5.92 Å². The number of hydrogen-bond donors (Lipinski definition) is 2. The van der Waals surface area contributed by atoms with E-state index in [1.165, 1.54) is 0 Å². The van der Waals surface area contributed by atoms with Gasteiger partial charge in [-0.25, -0.2) is 0 Å². The van der Waals surface area contributed by atoms with Crippen LogP contribution < -0.4 is 11.3 Å². The monoisotopic (exact) mass is 173 g/mol. The summed E-state index contributed by atoms with van der Waals surface area (Å²) in [5.74, 6) is 6.05. The molecule has 4 nitrogen and oxygen atoms in total. The number of nitrogens with two attached hydrogens (primary N) is 1. The average molecular weight is 173 g/mol. The molecular weight excluding hydrogens is 154 g/mol. The molecule has 1 heterocycles. The van der Waals surface area contributed by atoms with Gasteiger partial charge in [0.25, 0.3) is 0 Å². The summed E-state index contributed by atoms with van der Waals surface area (Å²) in [5, 5.41) is 0. The van der Waals surface area contributed by atoms with Gasteiger partial charge in [-0.15, -0.1) is 0 Å². The number of nitrogens with one attached hydrogen (secondary N) is 1. The van der Waals surface area contributed by atoms with Crippen LogP contribution in [0.25, 0.3) is 0 Å². The van der Waals surface area contributed by atoms with Crippen LogP contribution in [-0.4, -0.2) is 44.8 Å². The lowest BCUT2D eigenvalue weighted by Crippen LogP contribution is -2.47. The minimum Gasteiger partial charge on any atom is -0.381 e. The first-order valence-corrected chi connectivity index (χ1v) is 4.42. The molecule has 4 heteroatoms. The van der Waals surface area contributed by atoms with Gasteiger partial charge >= 0.3 is 0 Å². The average Bonchev–Trinajstić information content (AvgIpc) is 2.51. The van der Waals surface area contributed by atoms with Gasteiger partial charge in [0, 0.05) is 25.1 Å². The summed E-state index contributed by atoms with van der Waals surface area (Å²) in [6.45, 7) is 2.71. The number of hydrogen-bond acceptors (Lipinski definition) is 4. The van der Waals surface area contributed by atoms with Crippen molar-refractivity contribution in [3.63, 3.8) is 0 Å². The molecular formula is C8H19N3O. The van der Waals surface area contributed by atoms with Crippen molar-refractivity contribution in [3.05, 3.63) is 0 Å². The molecule has 0 aliphatic carbocycles. The summed E-state index contributed by atoms with van der Waals surface area (Å²) in [5.41, 5.74) is 2.85. The number of likely N-dealkylation sites (N-methyl/N-ethyl adjacent to an activating group) is 1. The third kappa shape index (κ3) is 2.71. The molecule has 1 rings (SSSR count). The van der Waals surface area contributed by atoms with Gasteiger partial charge in [0.05, 0.1) is 6.61 Å². The molecule has 1 aliphatic rings. The molecule has 0 saturated carbocycles. The van der Waals surface area contributed by atoms with Crippen LogP contribution >= 0.6 is 0 Å². The Balaban J connectivity index is 2.32. The van der Waals surface area contributed by atoms with E-state index in [1.54, 1.807) is 0 Å². The SMILES string of the molecule is CN(C)CC(NN)C1CCOC1. The second kappa shape index (κ2) is 4.77. The third-order valence-corrected chi connectivity index (χ3v) is 2.31. The fourth-order valence-electron chi connectivity index (χ4n) is 1.60. The summed E-state index contributed by atoms with van der Waals surface area (Å²) < 4.78 is 5.31. The maximum atomic E-state index is 5.47. The number of ether oxygens (including phenoxy) is 1. The molecule has 1 aliphatic heterocycles. The Bertz CT molecular complexity index is 123. The van der Waals surface area contributed by atoms with Crippen LogP contribution in [0.1, 0.15) is 6.42 Å². The molecule has 12 heavy (non-hydrogen) atoms. The zero-order valence-corrected chi connectivity index (χ0v) is 7.92. The molecule has 1 fully saturated rings. The van der Waals surface area contributed by atoms with Crippen molar-refractivity contribution >= 4 is 0 Å². The van der Waals surface area contributed by atoms with E-state index in [2.05, 4.69) is 24.4 Å². The summed E-state index contributed by atoms with van der Waals surface area (Å²) in [4.78, 5) is 2.14. The Morgan fingerprint density at radius 2 is 2.42 bits per heavy atom. The topological polar surface area (TPSA) is 50.5 Å². The van der Waals surface area contributed by atoms with Crippen LogP contribution in [0.5, 0.6) is 0 Å². The van der Waals surface area contributed by atoms with Crippen molar-refractivity contribution in [2.24, 2.45) is 11.8 Å². The fourth-order valence-corrected chi connectivity index (χ4v) is 1.60. The summed E-state index contributed by atoms with van der Waals surface area (Å²) >= 11 is 0. The zero-order chi connectivity index (χ0) is 8.97. The first kappa shape index (κ1) is 9.92. The van der Waals surface area contributed by atoms with E-state index in [9.17, 15) is 0 Å². The van der Waals surface area contributed by atoms with E-state index < -0.39 is 0 Å². The highest BCUT2D eigenvalue weighted by Crippen LogP contribution is 2.16. The lowest BCUT2D eigenvalue weighted by Gasteiger charge is -2.24. The molecule has 1 saturated heterocycles. The minimum absolute atomic E-state index is 0.363. The van der Waals surface area contributed by atoms with Crippen LogP contribution in [0.15, 0.2) is 0 Å². The van der Waals surface area contributed by atoms with Gasteiger partial charge < -0.3 is 9.64 Å². The molecule has 0 radical (unpaired) electrons. The van der Waals surface area contributed by atoms with Crippen LogP contribution in [-0.2, 0) is 4.74 Å². The number of rotatable bonds is 4. The normalized spacial score (nSPS) is 26.5. The van der Waals surface area contributed by atoms with Crippen LogP contribution in [0.3, 0.4) is 0 Å². The minimum atomic E-state index is 0.363.